The Labute approximate surface area is 192 Å². The van der Waals surface area contributed by atoms with Crippen molar-refractivity contribution in [3.05, 3.63) is 72.4 Å². The minimum Gasteiger partial charge on any atom is -0.371 e. The molecule has 1 N–H and O–H groups in total. The summed E-state index contributed by atoms with van der Waals surface area (Å²) < 4.78 is 17.6. The maximum absolute atomic E-state index is 13.4. The maximum atomic E-state index is 13.4. The molecule has 4 aromatic rings. The quantitative estimate of drug-likeness (QED) is 0.453. The van der Waals surface area contributed by atoms with Crippen LogP contribution in [0.3, 0.4) is 0 Å². The Bertz CT molecular complexity index is 1300. The van der Waals surface area contributed by atoms with E-state index in [4.69, 9.17) is 0 Å². The third kappa shape index (κ3) is 3.43. The van der Waals surface area contributed by atoms with E-state index in [0.717, 1.165) is 54.5 Å². The van der Waals surface area contributed by atoms with Crippen molar-refractivity contribution in [3.63, 3.8) is 0 Å². The molecule has 1 fully saturated rings. The fourth-order valence-corrected chi connectivity index (χ4v) is 5.28. The first-order valence-corrected chi connectivity index (χ1v) is 11.5. The van der Waals surface area contributed by atoms with Crippen molar-refractivity contribution >= 4 is 5.69 Å². The van der Waals surface area contributed by atoms with E-state index < -0.39 is 0 Å². The normalized spacial score (nSPS) is 19.2. The molecular formula is C26H27FN6. The summed E-state index contributed by atoms with van der Waals surface area (Å²) in [5.74, 6) is 1.91. The Morgan fingerprint density at radius 1 is 1.06 bits per heavy atom. The lowest BCUT2D eigenvalue weighted by Gasteiger charge is -2.21. The van der Waals surface area contributed by atoms with Gasteiger partial charge in [-0.25, -0.2) is 14.1 Å². The van der Waals surface area contributed by atoms with Crippen LogP contribution in [0.1, 0.15) is 12.5 Å². The highest BCUT2D eigenvalue weighted by atomic mass is 19.1. The molecule has 2 aliphatic heterocycles. The number of nitrogens with one attached hydrogen (secondary N) is 1. The van der Waals surface area contributed by atoms with Crippen molar-refractivity contribution in [1.29, 1.82) is 0 Å². The third-order valence-corrected chi connectivity index (χ3v) is 7.08. The Kier molecular flexibility index (Phi) is 4.80. The molecule has 0 bridgehead atoms. The van der Waals surface area contributed by atoms with Crippen molar-refractivity contribution < 1.29 is 4.39 Å². The van der Waals surface area contributed by atoms with E-state index in [-0.39, 0.29) is 5.82 Å². The second-order valence-corrected chi connectivity index (χ2v) is 9.26. The van der Waals surface area contributed by atoms with Gasteiger partial charge in [0.1, 0.15) is 12.1 Å². The molecule has 2 aliphatic rings. The highest BCUT2D eigenvalue weighted by Crippen LogP contribution is 2.36. The predicted octanol–water partition coefficient (Wildman–Crippen LogP) is 4.20. The van der Waals surface area contributed by atoms with Gasteiger partial charge in [0, 0.05) is 37.1 Å². The summed E-state index contributed by atoms with van der Waals surface area (Å²) in [4.78, 5) is 7.07. The third-order valence-electron chi connectivity index (χ3n) is 7.08. The number of rotatable bonds is 4. The Balaban J connectivity index is 1.39. The van der Waals surface area contributed by atoms with Gasteiger partial charge in [0.2, 0.25) is 0 Å². The van der Waals surface area contributed by atoms with Gasteiger partial charge < -0.3 is 14.8 Å². The van der Waals surface area contributed by atoms with Crippen LogP contribution in [0.4, 0.5) is 10.1 Å². The molecule has 4 heterocycles. The molecule has 0 saturated carbocycles. The SMILES string of the molecule is CNC[C@@H]1CN(c2ccc3c(c2)Cn2cc(-c4ccc(F)cc4)cc2-c2ncnn2-3)C[C@@H]1C. The van der Waals surface area contributed by atoms with Gasteiger partial charge in [-0.15, -0.1) is 0 Å². The smallest absolute Gasteiger partial charge is 0.179 e. The minimum absolute atomic E-state index is 0.228. The first-order valence-electron chi connectivity index (χ1n) is 11.5. The van der Waals surface area contributed by atoms with Gasteiger partial charge in [0.05, 0.1) is 11.4 Å². The lowest BCUT2D eigenvalue weighted by atomic mass is 9.98. The van der Waals surface area contributed by atoms with Crippen LogP contribution in [0.15, 0.2) is 61.1 Å². The number of fused-ring (bicyclic) bond motifs is 5. The summed E-state index contributed by atoms with van der Waals surface area (Å²) in [6.07, 6.45) is 3.74. The molecule has 2 aromatic heterocycles. The molecule has 33 heavy (non-hydrogen) atoms. The van der Waals surface area contributed by atoms with E-state index in [0.29, 0.717) is 11.8 Å². The van der Waals surface area contributed by atoms with Crippen LogP contribution >= 0.6 is 0 Å². The molecule has 0 spiro atoms. The van der Waals surface area contributed by atoms with Crippen LogP contribution in [0.25, 0.3) is 28.3 Å². The molecule has 0 amide bonds. The monoisotopic (exact) mass is 442 g/mol. The topological polar surface area (TPSA) is 50.9 Å². The van der Waals surface area contributed by atoms with Crippen LogP contribution in [0.2, 0.25) is 0 Å². The van der Waals surface area contributed by atoms with Gasteiger partial charge in [-0.3, -0.25) is 0 Å². The van der Waals surface area contributed by atoms with Crippen molar-refractivity contribution in [2.45, 2.75) is 13.5 Å². The van der Waals surface area contributed by atoms with E-state index in [1.165, 1.54) is 23.4 Å². The van der Waals surface area contributed by atoms with Gasteiger partial charge in [0.15, 0.2) is 5.82 Å². The number of anilines is 1. The summed E-state index contributed by atoms with van der Waals surface area (Å²) in [7, 11) is 2.03. The van der Waals surface area contributed by atoms with E-state index in [1.54, 1.807) is 6.33 Å². The highest BCUT2D eigenvalue weighted by molar-refractivity contribution is 5.71. The molecule has 7 heteroatoms. The van der Waals surface area contributed by atoms with Gasteiger partial charge in [-0.05, 0) is 73.0 Å². The first-order chi connectivity index (χ1) is 16.1. The molecule has 0 unspecified atom stereocenters. The number of hydrogen-bond acceptors (Lipinski definition) is 4. The molecule has 1 saturated heterocycles. The average molecular weight is 443 g/mol. The van der Waals surface area contributed by atoms with Crippen LogP contribution in [-0.4, -0.2) is 46.0 Å². The van der Waals surface area contributed by atoms with Crippen molar-refractivity contribution in [2.24, 2.45) is 11.8 Å². The van der Waals surface area contributed by atoms with Crippen LogP contribution in [0.5, 0.6) is 0 Å². The van der Waals surface area contributed by atoms with Gasteiger partial charge in [0.25, 0.3) is 0 Å². The number of aromatic nitrogens is 4. The fraction of sp³-hybridized carbons (Fsp3) is 0.308. The zero-order valence-electron chi connectivity index (χ0n) is 18.9. The molecule has 2 atom stereocenters. The number of nitrogens with zero attached hydrogens (tertiary/aromatic N) is 5. The molecule has 0 aliphatic carbocycles. The Morgan fingerprint density at radius 2 is 1.91 bits per heavy atom. The summed E-state index contributed by atoms with van der Waals surface area (Å²) in [5, 5.41) is 7.89. The molecule has 2 aromatic carbocycles. The van der Waals surface area contributed by atoms with Gasteiger partial charge >= 0.3 is 0 Å². The molecular weight excluding hydrogens is 415 g/mol. The molecule has 6 rings (SSSR count). The number of hydrogen-bond donors (Lipinski definition) is 1. The number of benzene rings is 2. The Hall–Kier alpha value is -3.45. The largest absolute Gasteiger partial charge is 0.371 e. The zero-order chi connectivity index (χ0) is 22.5. The summed E-state index contributed by atoms with van der Waals surface area (Å²) >= 11 is 0. The zero-order valence-corrected chi connectivity index (χ0v) is 18.9. The van der Waals surface area contributed by atoms with Crippen molar-refractivity contribution in [3.8, 4) is 28.3 Å². The summed E-state index contributed by atoms with van der Waals surface area (Å²) in [6, 6.07) is 15.4. The van der Waals surface area contributed by atoms with Crippen LogP contribution < -0.4 is 10.2 Å². The fourth-order valence-electron chi connectivity index (χ4n) is 5.28. The second kappa shape index (κ2) is 7.85. The molecule has 168 valence electrons. The van der Waals surface area contributed by atoms with Crippen molar-refractivity contribution in [2.75, 3.05) is 31.6 Å². The van der Waals surface area contributed by atoms with Gasteiger partial charge in [-0.1, -0.05) is 19.1 Å². The van der Waals surface area contributed by atoms with Gasteiger partial charge in [-0.2, -0.15) is 5.10 Å². The van der Waals surface area contributed by atoms with Crippen molar-refractivity contribution in [1.82, 2.24) is 24.6 Å². The average Bonchev–Trinajstić information content (AvgIpc) is 3.52. The first kappa shape index (κ1) is 20.2. The Morgan fingerprint density at radius 3 is 2.73 bits per heavy atom. The lowest BCUT2D eigenvalue weighted by Crippen LogP contribution is -2.25. The van der Waals surface area contributed by atoms with E-state index in [1.807, 2.05) is 23.9 Å². The second-order valence-electron chi connectivity index (χ2n) is 9.26. The molecule has 0 radical (unpaired) electrons. The van der Waals surface area contributed by atoms with E-state index >= 15 is 0 Å². The summed E-state index contributed by atoms with van der Waals surface area (Å²) in [5.41, 5.74) is 6.58. The van der Waals surface area contributed by atoms with Crippen LogP contribution in [0, 0.1) is 17.7 Å². The van der Waals surface area contributed by atoms with E-state index in [2.05, 4.69) is 62.3 Å². The lowest BCUT2D eigenvalue weighted by molar-refractivity contribution is 0.435. The highest BCUT2D eigenvalue weighted by Gasteiger charge is 2.30. The maximum Gasteiger partial charge on any atom is 0.179 e. The standard InChI is InChI=1S/C26H27FN6/c1-17-12-31(15-21(17)11-28-2)23-7-8-24-20(9-23)14-32-13-19(18-3-5-22(27)6-4-18)10-25(32)26-29-16-30-33(24)26/h3-10,13,16-17,21,28H,11-12,14-15H2,1-2H3/t17-,21+/m0/s1. The minimum atomic E-state index is -0.228. The van der Waals surface area contributed by atoms with Crippen LogP contribution in [-0.2, 0) is 6.54 Å². The number of halogens is 1. The predicted molar refractivity (Wildman–Crippen MR) is 128 cm³/mol. The summed E-state index contributed by atoms with van der Waals surface area (Å²) in [6.45, 7) is 6.26. The van der Waals surface area contributed by atoms with E-state index in [9.17, 15) is 4.39 Å². The molecule has 6 nitrogen and oxygen atoms in total.